The maximum atomic E-state index is 12.6. The number of carbonyl (C=O) groups is 1. The summed E-state index contributed by atoms with van der Waals surface area (Å²) in [5.41, 5.74) is 4.83. The van der Waals surface area contributed by atoms with E-state index in [-0.39, 0.29) is 5.91 Å². The van der Waals surface area contributed by atoms with E-state index in [1.54, 1.807) is 0 Å². The van der Waals surface area contributed by atoms with Crippen molar-refractivity contribution in [1.29, 1.82) is 0 Å². The third kappa shape index (κ3) is 4.82. The first kappa shape index (κ1) is 19.3. The van der Waals surface area contributed by atoms with Crippen LogP contribution < -0.4 is 9.80 Å². The zero-order chi connectivity index (χ0) is 19.2. The molecule has 1 heterocycles. The Balaban J connectivity index is 1.54. The Hall–Kier alpha value is -2.49. The molecule has 144 valence electrons. The maximum absolute atomic E-state index is 12.6. The van der Waals surface area contributed by atoms with Crippen molar-refractivity contribution in [2.45, 2.75) is 27.2 Å². The number of rotatable bonds is 6. The lowest BCUT2D eigenvalue weighted by Gasteiger charge is -2.36. The van der Waals surface area contributed by atoms with Gasteiger partial charge in [0.25, 0.3) is 0 Å². The average molecular weight is 366 g/mol. The molecule has 2 aromatic carbocycles. The molecule has 0 atom stereocenters. The highest BCUT2D eigenvalue weighted by Crippen LogP contribution is 2.22. The Morgan fingerprint density at radius 1 is 0.963 bits per heavy atom. The van der Waals surface area contributed by atoms with Gasteiger partial charge in [0.05, 0.1) is 6.42 Å². The van der Waals surface area contributed by atoms with Crippen LogP contribution >= 0.6 is 0 Å². The fourth-order valence-corrected chi connectivity index (χ4v) is 3.79. The Morgan fingerprint density at radius 2 is 1.63 bits per heavy atom. The van der Waals surface area contributed by atoms with Crippen molar-refractivity contribution in [2.24, 2.45) is 0 Å². The Kier molecular flexibility index (Phi) is 6.38. The predicted molar refractivity (Wildman–Crippen MR) is 114 cm³/mol. The minimum atomic E-state index is 0.233. The zero-order valence-corrected chi connectivity index (χ0v) is 16.8. The summed E-state index contributed by atoms with van der Waals surface area (Å²) in [5.74, 6) is 0.233. The number of hydrogen-bond acceptors (Lipinski definition) is 3. The number of hydrogen-bond donors (Lipinski definition) is 0. The van der Waals surface area contributed by atoms with E-state index in [1.807, 2.05) is 17.0 Å². The van der Waals surface area contributed by atoms with E-state index in [0.29, 0.717) is 6.42 Å². The van der Waals surface area contributed by atoms with Gasteiger partial charge in [0.1, 0.15) is 0 Å². The van der Waals surface area contributed by atoms with Crippen molar-refractivity contribution in [1.82, 2.24) is 4.90 Å². The molecule has 1 fully saturated rings. The topological polar surface area (TPSA) is 26.8 Å². The molecule has 0 unspecified atom stereocenters. The fraction of sp³-hybridized carbons (Fsp3) is 0.435. The molecule has 3 rings (SSSR count). The Bertz CT molecular complexity index is 744. The van der Waals surface area contributed by atoms with Gasteiger partial charge in [-0.2, -0.15) is 0 Å². The van der Waals surface area contributed by atoms with Crippen molar-refractivity contribution >= 4 is 17.3 Å². The molecule has 1 amide bonds. The van der Waals surface area contributed by atoms with Gasteiger partial charge in [-0.25, -0.2) is 0 Å². The van der Waals surface area contributed by atoms with Crippen LogP contribution in [0.5, 0.6) is 0 Å². The molecule has 0 spiro atoms. The van der Waals surface area contributed by atoms with Gasteiger partial charge >= 0.3 is 0 Å². The van der Waals surface area contributed by atoms with E-state index in [2.05, 4.69) is 67.0 Å². The largest absolute Gasteiger partial charge is 0.372 e. The van der Waals surface area contributed by atoms with Crippen LogP contribution in [0.4, 0.5) is 11.4 Å². The molecular formula is C23H31N3O. The molecule has 4 heteroatoms. The first-order valence-electron chi connectivity index (χ1n) is 10.0. The zero-order valence-electron chi connectivity index (χ0n) is 16.8. The van der Waals surface area contributed by atoms with Gasteiger partial charge in [-0.15, -0.1) is 0 Å². The molecule has 0 aliphatic carbocycles. The van der Waals surface area contributed by atoms with Crippen LogP contribution in [0.25, 0.3) is 0 Å². The van der Waals surface area contributed by atoms with Crippen LogP contribution in [0, 0.1) is 6.92 Å². The molecule has 1 saturated heterocycles. The number of piperazine rings is 1. The molecule has 4 nitrogen and oxygen atoms in total. The maximum Gasteiger partial charge on any atom is 0.227 e. The summed E-state index contributed by atoms with van der Waals surface area (Å²) in [6.07, 6.45) is 0.500. The summed E-state index contributed by atoms with van der Waals surface area (Å²) in [4.78, 5) is 19.3. The quantitative estimate of drug-likeness (QED) is 0.780. The van der Waals surface area contributed by atoms with Gasteiger partial charge in [-0.3, -0.25) is 4.79 Å². The highest BCUT2D eigenvalue weighted by molar-refractivity contribution is 5.79. The molecule has 0 saturated carbocycles. The summed E-state index contributed by atoms with van der Waals surface area (Å²) in [6.45, 7) is 11.9. The van der Waals surface area contributed by atoms with Gasteiger partial charge in [-0.05, 0) is 50.6 Å². The number of amides is 1. The van der Waals surface area contributed by atoms with Crippen molar-refractivity contribution in [3.05, 3.63) is 59.7 Å². The Labute approximate surface area is 163 Å². The van der Waals surface area contributed by atoms with E-state index >= 15 is 0 Å². The van der Waals surface area contributed by atoms with Gasteiger partial charge in [0.2, 0.25) is 5.91 Å². The molecule has 1 aliphatic rings. The molecule has 1 aliphatic heterocycles. The van der Waals surface area contributed by atoms with Crippen LogP contribution in [-0.2, 0) is 11.2 Å². The number of benzene rings is 2. The first-order valence-corrected chi connectivity index (χ1v) is 10.0. The number of anilines is 2. The second kappa shape index (κ2) is 8.94. The average Bonchev–Trinajstić information content (AvgIpc) is 2.70. The van der Waals surface area contributed by atoms with Crippen LogP contribution in [0.1, 0.15) is 25.0 Å². The van der Waals surface area contributed by atoms with Gasteiger partial charge in [-0.1, -0.05) is 29.8 Å². The first-order chi connectivity index (χ1) is 13.1. The Morgan fingerprint density at radius 3 is 2.22 bits per heavy atom. The highest BCUT2D eigenvalue weighted by Gasteiger charge is 2.21. The van der Waals surface area contributed by atoms with E-state index in [1.165, 1.54) is 16.9 Å². The molecule has 0 N–H and O–H groups in total. The van der Waals surface area contributed by atoms with Crippen LogP contribution in [-0.4, -0.2) is 50.1 Å². The lowest BCUT2D eigenvalue weighted by molar-refractivity contribution is -0.130. The summed E-state index contributed by atoms with van der Waals surface area (Å²) >= 11 is 0. The normalized spacial score (nSPS) is 14.3. The van der Waals surface area contributed by atoms with Gasteiger partial charge in [0.15, 0.2) is 0 Å². The third-order valence-corrected chi connectivity index (χ3v) is 5.41. The van der Waals surface area contributed by atoms with Crippen molar-refractivity contribution in [2.75, 3.05) is 49.1 Å². The second-order valence-electron chi connectivity index (χ2n) is 7.22. The van der Waals surface area contributed by atoms with Crippen LogP contribution in [0.3, 0.4) is 0 Å². The van der Waals surface area contributed by atoms with E-state index < -0.39 is 0 Å². The SMILES string of the molecule is CCN(CC)c1ccc(N2CCN(C(=O)Cc3cccc(C)c3)CC2)cc1. The highest BCUT2D eigenvalue weighted by atomic mass is 16.2. The van der Waals surface area contributed by atoms with Crippen molar-refractivity contribution in [3.8, 4) is 0 Å². The smallest absolute Gasteiger partial charge is 0.227 e. The predicted octanol–water partition coefficient (Wildman–Crippen LogP) is 3.73. The molecule has 0 aromatic heterocycles. The van der Waals surface area contributed by atoms with E-state index in [4.69, 9.17) is 0 Å². The monoisotopic (exact) mass is 365 g/mol. The molecule has 0 bridgehead atoms. The summed E-state index contributed by atoms with van der Waals surface area (Å²) in [7, 11) is 0. The fourth-order valence-electron chi connectivity index (χ4n) is 3.79. The number of nitrogens with zero attached hydrogens (tertiary/aromatic N) is 3. The van der Waals surface area contributed by atoms with Gasteiger partial charge in [0, 0.05) is 50.6 Å². The molecule has 0 radical (unpaired) electrons. The summed E-state index contributed by atoms with van der Waals surface area (Å²) in [6, 6.07) is 17.1. The number of aryl methyl sites for hydroxylation is 1. The molecule has 2 aromatic rings. The van der Waals surface area contributed by atoms with Gasteiger partial charge < -0.3 is 14.7 Å². The van der Waals surface area contributed by atoms with Crippen molar-refractivity contribution in [3.63, 3.8) is 0 Å². The van der Waals surface area contributed by atoms with E-state index in [9.17, 15) is 4.79 Å². The van der Waals surface area contributed by atoms with E-state index in [0.717, 1.165) is 44.8 Å². The molecule has 27 heavy (non-hydrogen) atoms. The van der Waals surface area contributed by atoms with Crippen LogP contribution in [0.2, 0.25) is 0 Å². The minimum Gasteiger partial charge on any atom is -0.372 e. The standard InChI is InChI=1S/C23H31N3O/c1-4-24(5-2)21-9-11-22(12-10-21)25-13-15-26(16-14-25)23(27)18-20-8-6-7-19(3)17-20/h6-12,17H,4-5,13-16,18H2,1-3H3. The lowest BCUT2D eigenvalue weighted by atomic mass is 10.1. The third-order valence-electron chi connectivity index (χ3n) is 5.41. The number of carbonyl (C=O) groups excluding carboxylic acids is 1. The molecular weight excluding hydrogens is 334 g/mol. The van der Waals surface area contributed by atoms with Crippen LogP contribution in [0.15, 0.2) is 48.5 Å². The summed E-state index contributed by atoms with van der Waals surface area (Å²) < 4.78 is 0. The minimum absolute atomic E-state index is 0.233. The summed E-state index contributed by atoms with van der Waals surface area (Å²) in [5, 5.41) is 0. The lowest BCUT2D eigenvalue weighted by Crippen LogP contribution is -2.49. The second-order valence-corrected chi connectivity index (χ2v) is 7.22. The van der Waals surface area contributed by atoms with Crippen molar-refractivity contribution < 1.29 is 4.79 Å².